The van der Waals surface area contributed by atoms with Crippen LogP contribution in [0.15, 0.2) is 71.6 Å². The number of nitrogens with zero attached hydrogens (tertiary/aromatic N) is 1. The number of thioether (sulfide) groups is 1. The number of benzene rings is 3. The van der Waals surface area contributed by atoms with E-state index >= 15 is 0 Å². The van der Waals surface area contributed by atoms with E-state index in [2.05, 4.69) is 0 Å². The van der Waals surface area contributed by atoms with Crippen molar-refractivity contribution in [2.45, 2.75) is 13.2 Å². The standard InChI is InChI=1S/C24H16Cl2FNO3S/c25-17-9-7-15(8-10-17)14-31-18-4-1-3-16(11-18)12-22-23(29)28(24(30)32-22)13-19-20(26)5-2-6-21(19)27/h1-12H,13-14H2. The highest BCUT2D eigenvalue weighted by Crippen LogP contribution is 2.35. The number of hydrogen-bond donors (Lipinski definition) is 0. The summed E-state index contributed by atoms with van der Waals surface area (Å²) in [7, 11) is 0. The summed E-state index contributed by atoms with van der Waals surface area (Å²) < 4.78 is 19.9. The van der Waals surface area contributed by atoms with Gasteiger partial charge in [0, 0.05) is 15.6 Å². The second-order valence-corrected chi connectivity index (χ2v) is 8.79. The van der Waals surface area contributed by atoms with E-state index in [0.717, 1.165) is 22.2 Å². The fourth-order valence-electron chi connectivity index (χ4n) is 3.07. The fraction of sp³-hybridized carbons (Fsp3) is 0.0833. The Bertz CT molecular complexity index is 1190. The molecule has 0 N–H and O–H groups in total. The summed E-state index contributed by atoms with van der Waals surface area (Å²) in [5.41, 5.74) is 1.77. The van der Waals surface area contributed by atoms with Crippen LogP contribution < -0.4 is 4.74 Å². The quantitative estimate of drug-likeness (QED) is 0.353. The average molecular weight is 488 g/mol. The largest absolute Gasteiger partial charge is 0.489 e. The van der Waals surface area contributed by atoms with Crippen molar-refractivity contribution in [1.29, 1.82) is 0 Å². The Morgan fingerprint density at radius 2 is 1.75 bits per heavy atom. The van der Waals surface area contributed by atoms with Gasteiger partial charge in [0.25, 0.3) is 11.1 Å². The number of rotatable bonds is 6. The minimum atomic E-state index is -0.564. The number of ether oxygens (including phenoxy) is 1. The van der Waals surface area contributed by atoms with Crippen LogP contribution >= 0.6 is 35.0 Å². The first kappa shape index (κ1) is 22.4. The first-order chi connectivity index (χ1) is 15.4. The predicted octanol–water partition coefficient (Wildman–Crippen LogP) is 6.95. The molecule has 0 aliphatic carbocycles. The summed E-state index contributed by atoms with van der Waals surface area (Å²) in [4.78, 5) is 26.4. The van der Waals surface area contributed by atoms with Crippen molar-refractivity contribution in [1.82, 2.24) is 4.90 Å². The molecule has 32 heavy (non-hydrogen) atoms. The van der Waals surface area contributed by atoms with E-state index in [1.807, 2.05) is 12.1 Å². The molecule has 162 valence electrons. The van der Waals surface area contributed by atoms with Gasteiger partial charge >= 0.3 is 0 Å². The maximum Gasteiger partial charge on any atom is 0.293 e. The molecular weight excluding hydrogens is 472 g/mol. The van der Waals surface area contributed by atoms with Crippen LogP contribution in [0, 0.1) is 5.82 Å². The van der Waals surface area contributed by atoms with Gasteiger partial charge < -0.3 is 4.74 Å². The van der Waals surface area contributed by atoms with E-state index in [-0.39, 0.29) is 22.0 Å². The van der Waals surface area contributed by atoms with Crippen LogP contribution in [-0.2, 0) is 17.9 Å². The molecule has 8 heteroatoms. The molecule has 0 unspecified atom stereocenters. The van der Waals surface area contributed by atoms with Crippen LogP contribution in [0.1, 0.15) is 16.7 Å². The summed E-state index contributed by atoms with van der Waals surface area (Å²) >= 11 is 12.7. The molecule has 0 spiro atoms. The number of carbonyl (C=O) groups is 2. The van der Waals surface area contributed by atoms with Gasteiger partial charge in [0.05, 0.1) is 11.4 Å². The van der Waals surface area contributed by atoms with Crippen molar-refractivity contribution in [2.24, 2.45) is 0 Å². The van der Waals surface area contributed by atoms with E-state index in [9.17, 15) is 14.0 Å². The highest BCUT2D eigenvalue weighted by Gasteiger charge is 2.35. The molecule has 3 aromatic carbocycles. The Labute approximate surface area is 198 Å². The van der Waals surface area contributed by atoms with Gasteiger partial charge in [-0.3, -0.25) is 14.5 Å². The molecule has 4 rings (SSSR count). The summed E-state index contributed by atoms with van der Waals surface area (Å²) in [6.07, 6.45) is 1.61. The zero-order valence-electron chi connectivity index (χ0n) is 16.6. The summed E-state index contributed by atoms with van der Waals surface area (Å²) in [6, 6.07) is 18.8. The van der Waals surface area contributed by atoms with Crippen LogP contribution in [-0.4, -0.2) is 16.0 Å². The van der Waals surface area contributed by atoms with Crippen molar-refractivity contribution in [3.05, 3.63) is 104 Å². The minimum absolute atomic E-state index is 0.107. The van der Waals surface area contributed by atoms with E-state index in [0.29, 0.717) is 22.9 Å². The van der Waals surface area contributed by atoms with Gasteiger partial charge in [-0.05, 0) is 65.4 Å². The number of imide groups is 1. The lowest BCUT2D eigenvalue weighted by Gasteiger charge is -2.14. The number of carbonyl (C=O) groups excluding carboxylic acids is 2. The van der Waals surface area contributed by atoms with Crippen molar-refractivity contribution < 1.29 is 18.7 Å². The van der Waals surface area contributed by atoms with Gasteiger partial charge in [0.15, 0.2) is 0 Å². The van der Waals surface area contributed by atoms with Crippen molar-refractivity contribution in [3.63, 3.8) is 0 Å². The Kier molecular flexibility index (Phi) is 6.84. The van der Waals surface area contributed by atoms with E-state index in [1.165, 1.54) is 18.2 Å². The molecule has 0 saturated carbocycles. The molecule has 0 atom stereocenters. The smallest absolute Gasteiger partial charge is 0.293 e. The molecule has 3 aromatic rings. The number of halogens is 3. The molecule has 2 amide bonds. The Morgan fingerprint density at radius 1 is 1.00 bits per heavy atom. The normalized spacial score (nSPS) is 15.0. The molecule has 1 fully saturated rings. The number of amides is 2. The van der Waals surface area contributed by atoms with Gasteiger partial charge in [0.2, 0.25) is 0 Å². The Balaban J connectivity index is 1.48. The van der Waals surface area contributed by atoms with Crippen LogP contribution in [0.3, 0.4) is 0 Å². The van der Waals surface area contributed by atoms with Crippen LogP contribution in [0.4, 0.5) is 9.18 Å². The van der Waals surface area contributed by atoms with Crippen molar-refractivity contribution >= 4 is 52.2 Å². The van der Waals surface area contributed by atoms with E-state index < -0.39 is 17.0 Å². The monoisotopic (exact) mass is 487 g/mol. The summed E-state index contributed by atoms with van der Waals surface area (Å²) in [6.45, 7) is 0.137. The molecule has 4 nitrogen and oxygen atoms in total. The summed E-state index contributed by atoms with van der Waals surface area (Å²) in [5, 5.41) is 0.344. The zero-order chi connectivity index (χ0) is 22.7. The van der Waals surface area contributed by atoms with Crippen LogP contribution in [0.5, 0.6) is 5.75 Å². The van der Waals surface area contributed by atoms with Gasteiger partial charge in [0.1, 0.15) is 18.2 Å². The van der Waals surface area contributed by atoms with Crippen LogP contribution in [0.25, 0.3) is 6.08 Å². The second kappa shape index (κ2) is 9.77. The van der Waals surface area contributed by atoms with Crippen LogP contribution in [0.2, 0.25) is 10.0 Å². The lowest BCUT2D eigenvalue weighted by molar-refractivity contribution is -0.123. The third-order valence-corrected chi connectivity index (χ3v) is 6.24. The van der Waals surface area contributed by atoms with Crippen molar-refractivity contribution in [2.75, 3.05) is 0 Å². The first-order valence-corrected chi connectivity index (χ1v) is 11.1. The molecule has 1 aliphatic rings. The maximum atomic E-state index is 14.1. The molecule has 0 bridgehead atoms. The predicted molar refractivity (Wildman–Crippen MR) is 125 cm³/mol. The zero-order valence-corrected chi connectivity index (χ0v) is 18.9. The minimum Gasteiger partial charge on any atom is -0.489 e. The molecular formula is C24H16Cl2FNO3S. The Hall–Kier alpha value is -2.80. The lowest BCUT2D eigenvalue weighted by Crippen LogP contribution is -2.28. The number of hydrogen-bond acceptors (Lipinski definition) is 4. The van der Waals surface area contributed by atoms with Gasteiger partial charge in [-0.25, -0.2) is 4.39 Å². The average Bonchev–Trinajstić information content (AvgIpc) is 3.03. The van der Waals surface area contributed by atoms with Crippen molar-refractivity contribution in [3.8, 4) is 5.75 Å². The third kappa shape index (κ3) is 5.15. The van der Waals surface area contributed by atoms with Gasteiger partial charge in [-0.15, -0.1) is 0 Å². The highest BCUT2D eigenvalue weighted by atomic mass is 35.5. The summed E-state index contributed by atoms with van der Waals surface area (Å²) in [5.74, 6) is -0.441. The molecule has 1 aliphatic heterocycles. The lowest BCUT2D eigenvalue weighted by atomic mass is 10.1. The first-order valence-electron chi connectivity index (χ1n) is 9.56. The van der Waals surface area contributed by atoms with E-state index in [4.69, 9.17) is 27.9 Å². The second-order valence-electron chi connectivity index (χ2n) is 6.96. The fourth-order valence-corrected chi connectivity index (χ4v) is 4.26. The molecule has 1 heterocycles. The maximum absolute atomic E-state index is 14.1. The third-order valence-electron chi connectivity index (χ3n) is 4.73. The molecule has 1 saturated heterocycles. The molecule has 0 aromatic heterocycles. The topological polar surface area (TPSA) is 46.6 Å². The van der Waals surface area contributed by atoms with Gasteiger partial charge in [-0.1, -0.05) is 53.5 Å². The highest BCUT2D eigenvalue weighted by molar-refractivity contribution is 8.18. The SMILES string of the molecule is O=C1SC(=Cc2cccc(OCc3ccc(Cl)cc3)c2)C(=O)N1Cc1c(F)cccc1Cl. The van der Waals surface area contributed by atoms with Gasteiger partial charge in [-0.2, -0.15) is 0 Å². The van der Waals surface area contributed by atoms with E-state index in [1.54, 1.807) is 42.5 Å². The molecule has 0 radical (unpaired) electrons. The Morgan fingerprint density at radius 3 is 2.50 bits per heavy atom.